The maximum Gasteiger partial charge on any atom is 0.338 e. The SMILES string of the molecule is CCOC(=O)c1ccc(-c2ccc(/C=N\NC(=O)c3ccc(CN4CCN(c5ccccc5OC)CC4)cc3)o2)cc1. The fourth-order valence-electron chi connectivity index (χ4n) is 4.84. The van der Waals surface area contributed by atoms with Crippen molar-refractivity contribution >= 4 is 23.8 Å². The van der Waals surface area contributed by atoms with Crippen molar-refractivity contribution < 1.29 is 23.5 Å². The van der Waals surface area contributed by atoms with Gasteiger partial charge in [0.15, 0.2) is 0 Å². The number of esters is 1. The Bertz CT molecular complexity index is 1520. The van der Waals surface area contributed by atoms with Gasteiger partial charge < -0.3 is 18.8 Å². The van der Waals surface area contributed by atoms with Crippen LogP contribution in [0.3, 0.4) is 0 Å². The number of hydrogen-bond donors (Lipinski definition) is 1. The van der Waals surface area contributed by atoms with Crippen molar-refractivity contribution in [2.75, 3.05) is 44.8 Å². The summed E-state index contributed by atoms with van der Waals surface area (Å²) in [5.41, 5.74) is 6.65. The Balaban J connectivity index is 1.09. The minimum Gasteiger partial charge on any atom is -0.495 e. The smallest absolute Gasteiger partial charge is 0.338 e. The number of hydrogen-bond acceptors (Lipinski definition) is 8. The van der Waals surface area contributed by atoms with Crippen LogP contribution in [0.4, 0.5) is 5.69 Å². The number of methoxy groups -OCH3 is 1. The van der Waals surface area contributed by atoms with Gasteiger partial charge in [-0.3, -0.25) is 9.69 Å². The first-order chi connectivity index (χ1) is 20.5. The van der Waals surface area contributed by atoms with Gasteiger partial charge in [0.05, 0.1) is 31.2 Å². The number of carbonyl (C=O) groups is 2. The minimum atomic E-state index is -0.360. The third kappa shape index (κ3) is 7.05. The highest BCUT2D eigenvalue weighted by Gasteiger charge is 2.19. The van der Waals surface area contributed by atoms with E-state index in [4.69, 9.17) is 13.9 Å². The zero-order valence-electron chi connectivity index (χ0n) is 23.8. The molecule has 0 aliphatic carbocycles. The minimum absolute atomic E-state index is 0.301. The van der Waals surface area contributed by atoms with Crippen molar-refractivity contribution in [2.24, 2.45) is 5.10 Å². The van der Waals surface area contributed by atoms with Gasteiger partial charge in [0.25, 0.3) is 5.91 Å². The van der Waals surface area contributed by atoms with Crippen LogP contribution in [0.1, 0.15) is 39.0 Å². The predicted octanol–water partition coefficient (Wildman–Crippen LogP) is 5.22. The summed E-state index contributed by atoms with van der Waals surface area (Å²) in [7, 11) is 1.71. The number of para-hydroxylation sites is 2. The van der Waals surface area contributed by atoms with Crippen LogP contribution in [0.2, 0.25) is 0 Å². The van der Waals surface area contributed by atoms with E-state index in [1.807, 2.05) is 42.5 Å². The molecule has 9 heteroatoms. The van der Waals surface area contributed by atoms with Crippen LogP contribution in [-0.2, 0) is 11.3 Å². The highest BCUT2D eigenvalue weighted by Crippen LogP contribution is 2.28. The molecule has 0 unspecified atom stereocenters. The lowest BCUT2D eigenvalue weighted by Gasteiger charge is -2.36. The lowest BCUT2D eigenvalue weighted by atomic mass is 10.1. The molecule has 5 rings (SSSR count). The van der Waals surface area contributed by atoms with E-state index in [2.05, 4.69) is 26.4 Å². The summed E-state index contributed by atoms with van der Waals surface area (Å²) < 4.78 is 16.3. The van der Waals surface area contributed by atoms with Crippen molar-refractivity contribution in [1.82, 2.24) is 10.3 Å². The summed E-state index contributed by atoms with van der Waals surface area (Å²) in [6.07, 6.45) is 1.45. The molecule has 9 nitrogen and oxygen atoms in total. The second kappa shape index (κ2) is 13.6. The van der Waals surface area contributed by atoms with Gasteiger partial charge in [-0.25, -0.2) is 10.2 Å². The number of rotatable bonds is 10. The molecule has 0 bridgehead atoms. The Labute approximate surface area is 245 Å². The van der Waals surface area contributed by atoms with Gasteiger partial charge in [-0.05, 0) is 61.0 Å². The van der Waals surface area contributed by atoms with Crippen LogP contribution in [0, 0.1) is 0 Å². The molecule has 1 fully saturated rings. The Morgan fingerprint density at radius 2 is 1.62 bits per heavy atom. The molecule has 0 spiro atoms. The zero-order chi connectivity index (χ0) is 29.3. The van der Waals surface area contributed by atoms with Crippen LogP contribution >= 0.6 is 0 Å². The summed E-state index contributed by atoms with van der Waals surface area (Å²) >= 11 is 0. The number of nitrogens with zero attached hydrogens (tertiary/aromatic N) is 3. The fraction of sp³-hybridized carbons (Fsp3) is 0.242. The maximum absolute atomic E-state index is 12.6. The maximum atomic E-state index is 12.6. The van der Waals surface area contributed by atoms with Crippen LogP contribution < -0.4 is 15.1 Å². The topological polar surface area (TPSA) is 96.6 Å². The molecule has 1 N–H and O–H groups in total. The Morgan fingerprint density at radius 3 is 2.33 bits per heavy atom. The predicted molar refractivity (Wildman–Crippen MR) is 162 cm³/mol. The van der Waals surface area contributed by atoms with Crippen molar-refractivity contribution in [3.63, 3.8) is 0 Å². The number of amides is 1. The molecule has 3 aromatic carbocycles. The largest absolute Gasteiger partial charge is 0.495 e. The molecule has 42 heavy (non-hydrogen) atoms. The number of furan rings is 1. The number of piperazine rings is 1. The number of anilines is 1. The third-order valence-electron chi connectivity index (χ3n) is 7.09. The molecular weight excluding hydrogens is 532 g/mol. The summed E-state index contributed by atoms with van der Waals surface area (Å²) in [4.78, 5) is 29.2. The lowest BCUT2D eigenvalue weighted by molar-refractivity contribution is 0.0526. The number of hydrazone groups is 1. The normalized spacial score (nSPS) is 13.7. The summed E-state index contributed by atoms with van der Waals surface area (Å²) in [5.74, 6) is 1.35. The molecule has 0 saturated carbocycles. The van der Waals surface area contributed by atoms with E-state index in [0.29, 0.717) is 29.3 Å². The van der Waals surface area contributed by atoms with Gasteiger partial charge in [-0.2, -0.15) is 5.10 Å². The summed E-state index contributed by atoms with van der Waals surface area (Å²) in [6.45, 7) is 6.67. The first-order valence-corrected chi connectivity index (χ1v) is 13.9. The van der Waals surface area contributed by atoms with Crippen molar-refractivity contribution in [2.45, 2.75) is 13.5 Å². The van der Waals surface area contributed by atoms with Gasteiger partial charge in [0.1, 0.15) is 17.3 Å². The second-order valence-electron chi connectivity index (χ2n) is 9.83. The van der Waals surface area contributed by atoms with Gasteiger partial charge in [-0.1, -0.05) is 36.4 Å². The highest BCUT2D eigenvalue weighted by molar-refractivity contribution is 5.94. The molecule has 0 radical (unpaired) electrons. The molecule has 216 valence electrons. The molecular formula is C33H34N4O5. The van der Waals surface area contributed by atoms with Crippen molar-refractivity contribution in [1.29, 1.82) is 0 Å². The van der Waals surface area contributed by atoms with E-state index < -0.39 is 0 Å². The molecule has 1 amide bonds. The number of benzene rings is 3. The van der Waals surface area contributed by atoms with E-state index in [1.54, 1.807) is 50.4 Å². The molecule has 1 aliphatic rings. The van der Waals surface area contributed by atoms with E-state index in [-0.39, 0.29) is 11.9 Å². The van der Waals surface area contributed by atoms with Crippen LogP contribution in [-0.4, -0.2) is 62.9 Å². The highest BCUT2D eigenvalue weighted by atomic mass is 16.5. The molecule has 1 aromatic heterocycles. The molecule has 2 heterocycles. The molecule has 0 atom stereocenters. The number of ether oxygens (including phenoxy) is 2. The third-order valence-corrected chi connectivity index (χ3v) is 7.09. The van der Waals surface area contributed by atoms with Crippen LogP contribution in [0.5, 0.6) is 5.75 Å². The zero-order valence-corrected chi connectivity index (χ0v) is 23.8. The molecule has 4 aromatic rings. The van der Waals surface area contributed by atoms with E-state index in [0.717, 1.165) is 55.3 Å². The average Bonchev–Trinajstić information content (AvgIpc) is 3.51. The Hall–Kier alpha value is -4.89. The van der Waals surface area contributed by atoms with Crippen LogP contribution in [0.25, 0.3) is 11.3 Å². The van der Waals surface area contributed by atoms with Gasteiger partial charge in [-0.15, -0.1) is 0 Å². The lowest BCUT2D eigenvalue weighted by Crippen LogP contribution is -2.46. The summed E-state index contributed by atoms with van der Waals surface area (Å²) in [6, 6.07) is 26.3. The Kier molecular flexibility index (Phi) is 9.30. The van der Waals surface area contributed by atoms with Crippen molar-refractivity contribution in [3.05, 3.63) is 107 Å². The summed E-state index contributed by atoms with van der Waals surface area (Å²) in [5, 5.41) is 4.04. The number of nitrogens with one attached hydrogen (secondary N) is 1. The van der Waals surface area contributed by atoms with Crippen LogP contribution in [0.15, 0.2) is 94.4 Å². The average molecular weight is 567 g/mol. The number of carbonyl (C=O) groups excluding carboxylic acids is 2. The fourth-order valence-corrected chi connectivity index (χ4v) is 4.84. The second-order valence-corrected chi connectivity index (χ2v) is 9.83. The van der Waals surface area contributed by atoms with E-state index in [1.165, 1.54) is 6.21 Å². The first kappa shape index (κ1) is 28.6. The standard InChI is InChI=1S/C33H34N4O5/c1-3-41-33(39)27-14-12-25(13-15-27)30-17-16-28(42-30)22-34-35-32(38)26-10-8-24(9-11-26)23-36-18-20-37(21-19-36)29-6-4-5-7-31(29)40-2/h4-17,22H,3,18-21,23H2,1-2H3,(H,35,38)/b34-22-. The van der Waals surface area contributed by atoms with Gasteiger partial charge in [0.2, 0.25) is 0 Å². The first-order valence-electron chi connectivity index (χ1n) is 13.9. The van der Waals surface area contributed by atoms with Gasteiger partial charge >= 0.3 is 5.97 Å². The Morgan fingerprint density at radius 1 is 0.905 bits per heavy atom. The molecule has 1 aliphatic heterocycles. The monoisotopic (exact) mass is 566 g/mol. The van der Waals surface area contributed by atoms with Gasteiger partial charge in [0, 0.05) is 43.9 Å². The van der Waals surface area contributed by atoms with Crippen molar-refractivity contribution in [3.8, 4) is 17.1 Å². The quantitative estimate of drug-likeness (QED) is 0.160. The van der Waals surface area contributed by atoms with E-state index >= 15 is 0 Å². The van der Waals surface area contributed by atoms with E-state index in [9.17, 15) is 9.59 Å². The molecule has 1 saturated heterocycles.